The minimum Gasteiger partial charge on any atom is -0.491 e. The first-order chi connectivity index (χ1) is 8.29. The second-order valence-corrected chi connectivity index (χ2v) is 5.41. The fourth-order valence-corrected chi connectivity index (χ4v) is 1.68. The number of benzene rings is 1. The Labute approximate surface area is 113 Å². The highest BCUT2D eigenvalue weighted by Gasteiger charge is 2.10. The summed E-state index contributed by atoms with van der Waals surface area (Å²) in [7, 11) is 0. The van der Waals surface area contributed by atoms with Gasteiger partial charge in [-0.3, -0.25) is 4.79 Å². The van der Waals surface area contributed by atoms with Gasteiger partial charge in [0.25, 0.3) is 0 Å². The molecule has 0 aliphatic carbocycles. The van der Waals surface area contributed by atoms with Crippen LogP contribution in [0.25, 0.3) is 0 Å². The molecule has 1 aromatic rings. The third kappa shape index (κ3) is 5.07. The number of hydrogen-bond acceptors (Lipinski definition) is 3. The number of rotatable bonds is 5. The van der Waals surface area contributed by atoms with Crippen LogP contribution in [0.2, 0.25) is 5.02 Å². The normalized spacial score (nSPS) is 11.4. The summed E-state index contributed by atoms with van der Waals surface area (Å²) in [5.41, 5.74) is 0.342. The van der Waals surface area contributed by atoms with Gasteiger partial charge in [0.05, 0.1) is 17.2 Å². The molecule has 3 nitrogen and oxygen atoms in total. The highest BCUT2D eigenvalue weighted by atomic mass is 35.5. The molecule has 4 heteroatoms. The van der Waals surface area contributed by atoms with Crippen LogP contribution in [0.1, 0.15) is 38.1 Å². The van der Waals surface area contributed by atoms with E-state index in [0.29, 0.717) is 29.5 Å². The number of ether oxygens (including phenoxy) is 2. The molecule has 0 aliphatic rings. The minimum absolute atomic E-state index is 0.0531. The van der Waals surface area contributed by atoms with E-state index >= 15 is 0 Å². The second kappa shape index (κ2) is 6.21. The maximum atomic E-state index is 11.2. The molecule has 1 aromatic carbocycles. The Hall–Kier alpha value is -1.06. The van der Waals surface area contributed by atoms with Crippen molar-refractivity contribution in [3.05, 3.63) is 28.8 Å². The third-order valence-electron chi connectivity index (χ3n) is 2.21. The van der Waals surface area contributed by atoms with E-state index in [4.69, 9.17) is 21.1 Å². The molecule has 0 heterocycles. The van der Waals surface area contributed by atoms with E-state index in [2.05, 4.69) is 0 Å². The summed E-state index contributed by atoms with van der Waals surface area (Å²) >= 11 is 5.98. The molecule has 1 rings (SSSR count). The van der Waals surface area contributed by atoms with Gasteiger partial charge < -0.3 is 9.47 Å². The van der Waals surface area contributed by atoms with E-state index in [-0.39, 0.29) is 11.4 Å². The standard InChI is InChI=1S/C14H19ClO3/c1-10(16)12-6-5-11(9-13(12)15)17-7-8-18-14(2,3)4/h5-6,9H,7-8H2,1-4H3. The number of carbonyl (C=O) groups is 1. The van der Waals surface area contributed by atoms with Crippen LogP contribution in [0.5, 0.6) is 5.75 Å². The Kier molecular flexibility index (Phi) is 5.17. The van der Waals surface area contributed by atoms with Gasteiger partial charge in [0.1, 0.15) is 12.4 Å². The lowest BCUT2D eigenvalue weighted by atomic mass is 10.1. The third-order valence-corrected chi connectivity index (χ3v) is 2.52. The molecule has 0 fully saturated rings. The lowest BCUT2D eigenvalue weighted by Crippen LogP contribution is -2.22. The smallest absolute Gasteiger partial charge is 0.161 e. The molecule has 0 atom stereocenters. The molecule has 0 radical (unpaired) electrons. The number of halogens is 1. The molecule has 0 unspecified atom stereocenters. The molecule has 0 spiro atoms. The number of carbonyl (C=O) groups excluding carboxylic acids is 1. The van der Waals surface area contributed by atoms with Crippen molar-refractivity contribution in [2.75, 3.05) is 13.2 Å². The molecule has 0 saturated heterocycles. The number of hydrogen-bond donors (Lipinski definition) is 0. The zero-order chi connectivity index (χ0) is 13.8. The topological polar surface area (TPSA) is 35.5 Å². The maximum absolute atomic E-state index is 11.2. The zero-order valence-electron chi connectivity index (χ0n) is 11.2. The van der Waals surface area contributed by atoms with Gasteiger partial charge in [0.15, 0.2) is 5.78 Å². The van der Waals surface area contributed by atoms with Gasteiger partial charge in [0, 0.05) is 5.56 Å². The van der Waals surface area contributed by atoms with Crippen molar-refractivity contribution in [2.45, 2.75) is 33.3 Å². The van der Waals surface area contributed by atoms with Crippen molar-refractivity contribution >= 4 is 17.4 Å². The summed E-state index contributed by atoms with van der Waals surface area (Å²) in [5.74, 6) is 0.588. The van der Waals surface area contributed by atoms with Crippen molar-refractivity contribution in [2.24, 2.45) is 0 Å². The Bertz CT molecular complexity index is 422. The fraction of sp³-hybridized carbons (Fsp3) is 0.500. The van der Waals surface area contributed by atoms with Crippen LogP contribution < -0.4 is 4.74 Å². The monoisotopic (exact) mass is 270 g/mol. The van der Waals surface area contributed by atoms with Gasteiger partial charge in [0.2, 0.25) is 0 Å². The van der Waals surface area contributed by atoms with E-state index in [1.807, 2.05) is 20.8 Å². The Morgan fingerprint density at radius 2 is 1.94 bits per heavy atom. The van der Waals surface area contributed by atoms with Crippen LogP contribution in [-0.2, 0) is 4.74 Å². The Balaban J connectivity index is 2.49. The summed E-state index contributed by atoms with van der Waals surface area (Å²) in [6, 6.07) is 5.06. The summed E-state index contributed by atoms with van der Waals surface area (Å²) in [6.07, 6.45) is 0. The van der Waals surface area contributed by atoms with E-state index in [1.165, 1.54) is 6.92 Å². The van der Waals surface area contributed by atoms with Crippen LogP contribution >= 0.6 is 11.6 Å². The van der Waals surface area contributed by atoms with E-state index in [1.54, 1.807) is 18.2 Å². The first kappa shape index (κ1) is 15.0. The van der Waals surface area contributed by atoms with E-state index in [9.17, 15) is 4.79 Å². The molecule has 0 N–H and O–H groups in total. The number of ketones is 1. The molecule has 0 amide bonds. The summed E-state index contributed by atoms with van der Waals surface area (Å²) in [6.45, 7) is 8.42. The quantitative estimate of drug-likeness (QED) is 0.604. The summed E-state index contributed by atoms with van der Waals surface area (Å²) < 4.78 is 11.0. The van der Waals surface area contributed by atoms with Gasteiger partial charge in [-0.2, -0.15) is 0 Å². The SMILES string of the molecule is CC(=O)c1ccc(OCCOC(C)(C)C)cc1Cl. The summed E-state index contributed by atoms with van der Waals surface area (Å²) in [5, 5.41) is 0.414. The fourth-order valence-electron chi connectivity index (χ4n) is 1.38. The van der Waals surface area contributed by atoms with Crippen molar-refractivity contribution in [3.63, 3.8) is 0 Å². The first-order valence-electron chi connectivity index (χ1n) is 5.87. The largest absolute Gasteiger partial charge is 0.491 e. The molecular weight excluding hydrogens is 252 g/mol. The van der Waals surface area contributed by atoms with Crippen LogP contribution in [-0.4, -0.2) is 24.6 Å². The molecule has 0 aliphatic heterocycles. The Morgan fingerprint density at radius 1 is 1.28 bits per heavy atom. The lowest BCUT2D eigenvalue weighted by molar-refractivity contribution is -0.0163. The van der Waals surface area contributed by atoms with Gasteiger partial charge in [-0.1, -0.05) is 11.6 Å². The maximum Gasteiger partial charge on any atom is 0.161 e. The predicted octanol–water partition coefficient (Wildman–Crippen LogP) is 3.74. The van der Waals surface area contributed by atoms with E-state index in [0.717, 1.165) is 0 Å². The molecule has 100 valence electrons. The average Bonchev–Trinajstić information content (AvgIpc) is 2.22. The highest BCUT2D eigenvalue weighted by molar-refractivity contribution is 6.34. The zero-order valence-corrected chi connectivity index (χ0v) is 12.0. The van der Waals surface area contributed by atoms with Crippen LogP contribution in [0.3, 0.4) is 0 Å². The number of Topliss-reactive ketones (excluding diaryl/α,β-unsaturated/α-hetero) is 1. The summed E-state index contributed by atoms with van der Waals surface area (Å²) in [4.78, 5) is 11.2. The minimum atomic E-state index is -0.167. The van der Waals surface area contributed by atoms with Crippen LogP contribution in [0, 0.1) is 0 Å². The van der Waals surface area contributed by atoms with E-state index < -0.39 is 0 Å². The molecule has 0 aromatic heterocycles. The molecule has 0 bridgehead atoms. The van der Waals surface area contributed by atoms with Crippen molar-refractivity contribution in [1.82, 2.24) is 0 Å². The Morgan fingerprint density at radius 3 is 2.44 bits per heavy atom. The van der Waals surface area contributed by atoms with Crippen LogP contribution in [0.15, 0.2) is 18.2 Å². The van der Waals surface area contributed by atoms with Crippen molar-refractivity contribution in [1.29, 1.82) is 0 Å². The van der Waals surface area contributed by atoms with Crippen molar-refractivity contribution < 1.29 is 14.3 Å². The molecule has 18 heavy (non-hydrogen) atoms. The van der Waals surface area contributed by atoms with Gasteiger partial charge in [-0.05, 0) is 45.9 Å². The van der Waals surface area contributed by atoms with Gasteiger partial charge >= 0.3 is 0 Å². The van der Waals surface area contributed by atoms with Crippen molar-refractivity contribution in [3.8, 4) is 5.75 Å². The lowest BCUT2D eigenvalue weighted by Gasteiger charge is -2.19. The predicted molar refractivity (Wildman–Crippen MR) is 72.7 cm³/mol. The second-order valence-electron chi connectivity index (χ2n) is 5.01. The van der Waals surface area contributed by atoms with Gasteiger partial charge in [-0.15, -0.1) is 0 Å². The molecular formula is C14H19ClO3. The van der Waals surface area contributed by atoms with Gasteiger partial charge in [-0.25, -0.2) is 0 Å². The highest BCUT2D eigenvalue weighted by Crippen LogP contribution is 2.23. The first-order valence-corrected chi connectivity index (χ1v) is 6.24. The average molecular weight is 271 g/mol. The van der Waals surface area contributed by atoms with Crippen LogP contribution in [0.4, 0.5) is 0 Å². The molecule has 0 saturated carbocycles.